The molecular weight excluding hydrogens is 168 g/mol. The molecule has 0 aliphatic carbocycles. The van der Waals surface area contributed by atoms with Crippen molar-refractivity contribution >= 4 is 0 Å². The lowest BCUT2D eigenvalue weighted by atomic mass is 10.3. The normalized spacial score (nSPS) is 14.2. The number of hydrogen-bond acceptors (Lipinski definition) is 3. The van der Waals surface area contributed by atoms with Gasteiger partial charge in [-0.3, -0.25) is 0 Å². The van der Waals surface area contributed by atoms with Crippen LogP contribution in [-0.4, -0.2) is 30.7 Å². The van der Waals surface area contributed by atoms with Crippen LogP contribution in [0.4, 0.5) is 0 Å². The minimum atomic E-state index is -0.399. The maximum atomic E-state index is 8.96. The Hall–Kier alpha value is -0.380. The summed E-state index contributed by atoms with van der Waals surface area (Å²) in [5.74, 6) is 0. The average Bonchev–Trinajstić information content (AvgIpc) is 2.04. The number of ether oxygens (including phenoxy) is 2. The van der Waals surface area contributed by atoms with Gasteiger partial charge >= 0.3 is 0 Å². The molecule has 0 aromatic carbocycles. The van der Waals surface area contributed by atoms with Crippen molar-refractivity contribution in [1.82, 2.24) is 0 Å². The zero-order valence-electron chi connectivity index (χ0n) is 8.69. The Morgan fingerprint density at radius 1 is 1.23 bits per heavy atom. The molecular formula is C10H20O3. The molecule has 0 aromatic rings. The first-order valence-electron chi connectivity index (χ1n) is 4.78. The molecule has 3 heteroatoms. The molecule has 0 radical (unpaired) electrons. The van der Waals surface area contributed by atoms with Crippen molar-refractivity contribution < 1.29 is 14.6 Å². The summed E-state index contributed by atoms with van der Waals surface area (Å²) in [6.45, 7) is 6.88. The van der Waals surface area contributed by atoms with Crippen molar-refractivity contribution in [2.75, 3.05) is 13.2 Å². The molecule has 0 aliphatic heterocycles. The van der Waals surface area contributed by atoms with E-state index in [0.717, 1.165) is 0 Å². The van der Waals surface area contributed by atoms with Gasteiger partial charge in [0.2, 0.25) is 0 Å². The molecule has 0 saturated heterocycles. The van der Waals surface area contributed by atoms with E-state index in [-0.39, 0.29) is 6.29 Å². The van der Waals surface area contributed by atoms with Gasteiger partial charge in [-0.2, -0.15) is 0 Å². The third-order valence-electron chi connectivity index (χ3n) is 1.45. The fourth-order valence-corrected chi connectivity index (χ4v) is 0.943. The highest BCUT2D eigenvalue weighted by molar-refractivity contribution is 4.86. The topological polar surface area (TPSA) is 38.7 Å². The molecule has 0 rings (SSSR count). The molecule has 1 atom stereocenters. The van der Waals surface area contributed by atoms with Crippen molar-refractivity contribution in [3.63, 3.8) is 0 Å². The van der Waals surface area contributed by atoms with Gasteiger partial charge in [0.1, 0.15) is 0 Å². The highest BCUT2D eigenvalue weighted by Gasteiger charge is 2.04. The molecule has 0 spiro atoms. The Morgan fingerprint density at radius 3 is 2.15 bits per heavy atom. The van der Waals surface area contributed by atoms with Crippen LogP contribution in [-0.2, 0) is 9.47 Å². The lowest BCUT2D eigenvalue weighted by Gasteiger charge is -2.14. The molecule has 0 amide bonds. The van der Waals surface area contributed by atoms with Crippen LogP contribution in [0.3, 0.4) is 0 Å². The SMILES string of the molecule is CCOC(C/C=C/C(C)O)OCC. The minimum Gasteiger partial charge on any atom is -0.389 e. The van der Waals surface area contributed by atoms with Crippen molar-refractivity contribution in [1.29, 1.82) is 0 Å². The van der Waals surface area contributed by atoms with Gasteiger partial charge in [-0.15, -0.1) is 0 Å². The quantitative estimate of drug-likeness (QED) is 0.488. The molecule has 0 aliphatic rings. The smallest absolute Gasteiger partial charge is 0.160 e. The van der Waals surface area contributed by atoms with Crippen molar-refractivity contribution in [3.05, 3.63) is 12.2 Å². The highest BCUT2D eigenvalue weighted by atomic mass is 16.7. The van der Waals surface area contributed by atoms with Crippen LogP contribution in [0.2, 0.25) is 0 Å². The molecule has 1 N–H and O–H groups in total. The molecule has 13 heavy (non-hydrogen) atoms. The second-order valence-corrected chi connectivity index (χ2v) is 2.74. The Bertz CT molecular complexity index is 126. The van der Waals surface area contributed by atoms with E-state index in [1.54, 1.807) is 13.0 Å². The van der Waals surface area contributed by atoms with Gasteiger partial charge in [0.15, 0.2) is 6.29 Å². The third-order valence-corrected chi connectivity index (χ3v) is 1.45. The van der Waals surface area contributed by atoms with Crippen LogP contribution >= 0.6 is 0 Å². The van der Waals surface area contributed by atoms with E-state index in [4.69, 9.17) is 14.6 Å². The van der Waals surface area contributed by atoms with Gasteiger partial charge in [0, 0.05) is 19.6 Å². The lowest BCUT2D eigenvalue weighted by molar-refractivity contribution is -0.133. The predicted molar refractivity (Wildman–Crippen MR) is 52.5 cm³/mol. The van der Waals surface area contributed by atoms with Crippen LogP contribution in [0.25, 0.3) is 0 Å². The summed E-state index contributed by atoms with van der Waals surface area (Å²) in [5.41, 5.74) is 0. The molecule has 1 unspecified atom stereocenters. The number of aliphatic hydroxyl groups excluding tert-OH is 1. The molecule has 0 saturated carbocycles. The first kappa shape index (κ1) is 12.6. The van der Waals surface area contributed by atoms with Crippen molar-refractivity contribution in [3.8, 4) is 0 Å². The maximum absolute atomic E-state index is 8.96. The van der Waals surface area contributed by atoms with Crippen LogP contribution in [0.1, 0.15) is 27.2 Å². The van der Waals surface area contributed by atoms with Gasteiger partial charge in [-0.25, -0.2) is 0 Å². The van der Waals surface area contributed by atoms with Crippen molar-refractivity contribution in [2.45, 2.75) is 39.6 Å². The molecule has 0 heterocycles. The number of aliphatic hydroxyl groups is 1. The summed E-state index contributed by atoms with van der Waals surface area (Å²) < 4.78 is 10.6. The van der Waals surface area contributed by atoms with Gasteiger partial charge in [-0.05, 0) is 20.8 Å². The van der Waals surface area contributed by atoms with E-state index < -0.39 is 6.10 Å². The zero-order valence-corrected chi connectivity index (χ0v) is 8.69. The van der Waals surface area contributed by atoms with Gasteiger partial charge in [-0.1, -0.05) is 12.2 Å². The first-order chi connectivity index (χ1) is 6.20. The second-order valence-electron chi connectivity index (χ2n) is 2.74. The lowest BCUT2D eigenvalue weighted by Crippen LogP contribution is -2.16. The van der Waals surface area contributed by atoms with Crippen LogP contribution in [0.15, 0.2) is 12.2 Å². The predicted octanol–water partition coefficient (Wildman–Crippen LogP) is 1.71. The summed E-state index contributed by atoms with van der Waals surface area (Å²) in [4.78, 5) is 0. The van der Waals surface area contributed by atoms with Gasteiger partial charge in [0.25, 0.3) is 0 Å². The van der Waals surface area contributed by atoms with E-state index in [2.05, 4.69) is 0 Å². The summed E-state index contributed by atoms with van der Waals surface area (Å²) in [6.07, 6.45) is 3.71. The summed E-state index contributed by atoms with van der Waals surface area (Å²) in [6, 6.07) is 0. The van der Waals surface area contributed by atoms with E-state index in [1.807, 2.05) is 19.9 Å². The second kappa shape index (κ2) is 8.23. The maximum Gasteiger partial charge on any atom is 0.160 e. The molecule has 0 aromatic heterocycles. The zero-order chi connectivity index (χ0) is 10.1. The Kier molecular flexibility index (Phi) is 7.99. The van der Waals surface area contributed by atoms with Crippen LogP contribution in [0.5, 0.6) is 0 Å². The van der Waals surface area contributed by atoms with E-state index >= 15 is 0 Å². The highest BCUT2D eigenvalue weighted by Crippen LogP contribution is 2.02. The summed E-state index contributed by atoms with van der Waals surface area (Å²) >= 11 is 0. The fraction of sp³-hybridized carbons (Fsp3) is 0.800. The first-order valence-corrected chi connectivity index (χ1v) is 4.78. The van der Waals surface area contributed by atoms with E-state index in [0.29, 0.717) is 19.6 Å². The standard InChI is InChI=1S/C10H20O3/c1-4-12-10(13-5-2)8-6-7-9(3)11/h6-7,9-11H,4-5,8H2,1-3H3/b7-6+. The number of rotatable bonds is 7. The monoisotopic (exact) mass is 188 g/mol. The van der Waals surface area contributed by atoms with E-state index in [9.17, 15) is 0 Å². The Balaban J connectivity index is 3.67. The van der Waals surface area contributed by atoms with Crippen LogP contribution < -0.4 is 0 Å². The summed E-state index contributed by atoms with van der Waals surface area (Å²) in [5, 5.41) is 8.96. The number of hydrogen-bond donors (Lipinski definition) is 1. The summed E-state index contributed by atoms with van der Waals surface area (Å²) in [7, 11) is 0. The molecule has 3 nitrogen and oxygen atoms in total. The van der Waals surface area contributed by atoms with Gasteiger partial charge < -0.3 is 14.6 Å². The third kappa shape index (κ3) is 7.96. The molecule has 0 bridgehead atoms. The molecule has 0 fully saturated rings. The van der Waals surface area contributed by atoms with Crippen LogP contribution in [0, 0.1) is 0 Å². The minimum absolute atomic E-state index is 0.176. The van der Waals surface area contributed by atoms with E-state index in [1.165, 1.54) is 0 Å². The Labute approximate surface area is 80.4 Å². The fourth-order valence-electron chi connectivity index (χ4n) is 0.943. The van der Waals surface area contributed by atoms with Crippen molar-refractivity contribution in [2.24, 2.45) is 0 Å². The largest absolute Gasteiger partial charge is 0.389 e. The van der Waals surface area contributed by atoms with Gasteiger partial charge in [0.05, 0.1) is 6.10 Å². The molecule has 78 valence electrons. The average molecular weight is 188 g/mol. The Morgan fingerprint density at radius 2 is 1.77 bits per heavy atom.